The van der Waals surface area contributed by atoms with E-state index in [9.17, 15) is 4.79 Å². The predicted molar refractivity (Wildman–Crippen MR) is 82.3 cm³/mol. The third-order valence-electron chi connectivity index (χ3n) is 5.73. The van der Waals surface area contributed by atoms with Gasteiger partial charge >= 0.3 is 5.97 Å². The second-order valence-electron chi connectivity index (χ2n) is 6.81. The van der Waals surface area contributed by atoms with Gasteiger partial charge in [0.25, 0.3) is 0 Å². The van der Waals surface area contributed by atoms with Gasteiger partial charge in [-0.3, -0.25) is 4.79 Å². The van der Waals surface area contributed by atoms with Gasteiger partial charge in [-0.25, -0.2) is 0 Å². The van der Waals surface area contributed by atoms with E-state index < -0.39 is 0 Å². The Morgan fingerprint density at radius 1 is 1.33 bits per heavy atom. The van der Waals surface area contributed by atoms with Crippen LogP contribution in [0.1, 0.15) is 50.2 Å². The molecule has 0 saturated heterocycles. The number of nitrogens with one attached hydrogen (secondary N) is 1. The number of esters is 1. The number of aromatic nitrogens is 1. The minimum Gasteiger partial charge on any atom is -0.462 e. The van der Waals surface area contributed by atoms with Gasteiger partial charge in [-0.15, -0.1) is 0 Å². The van der Waals surface area contributed by atoms with Gasteiger partial charge in [-0.2, -0.15) is 0 Å². The van der Waals surface area contributed by atoms with Crippen molar-refractivity contribution in [1.29, 1.82) is 0 Å². The fourth-order valence-electron chi connectivity index (χ4n) is 4.65. The van der Waals surface area contributed by atoms with Crippen LogP contribution in [-0.4, -0.2) is 17.1 Å². The number of rotatable bonds is 1. The van der Waals surface area contributed by atoms with Gasteiger partial charge in [0.1, 0.15) is 6.10 Å². The molecule has 0 unspecified atom stereocenters. The largest absolute Gasteiger partial charge is 0.462 e. The zero-order valence-electron chi connectivity index (χ0n) is 12.6. The average Bonchev–Trinajstić information content (AvgIpc) is 3.03. The summed E-state index contributed by atoms with van der Waals surface area (Å²) >= 11 is 0. The van der Waals surface area contributed by atoms with E-state index in [2.05, 4.69) is 30.1 Å². The van der Waals surface area contributed by atoms with Crippen LogP contribution in [0.25, 0.3) is 10.9 Å². The monoisotopic (exact) mass is 283 g/mol. The molecule has 3 atom stereocenters. The first-order valence-corrected chi connectivity index (χ1v) is 7.85. The molecule has 2 aromatic rings. The van der Waals surface area contributed by atoms with Crippen molar-refractivity contribution in [3.63, 3.8) is 0 Å². The molecule has 1 saturated carbocycles. The van der Waals surface area contributed by atoms with Gasteiger partial charge in [0, 0.05) is 29.4 Å². The van der Waals surface area contributed by atoms with Crippen LogP contribution in [0.15, 0.2) is 24.4 Å². The summed E-state index contributed by atoms with van der Waals surface area (Å²) in [6.45, 7) is 3.83. The van der Waals surface area contributed by atoms with E-state index in [0.29, 0.717) is 5.92 Å². The van der Waals surface area contributed by atoms with E-state index >= 15 is 0 Å². The van der Waals surface area contributed by atoms with Crippen LogP contribution in [0.4, 0.5) is 0 Å². The molecule has 1 aromatic heterocycles. The number of aromatic amines is 1. The summed E-state index contributed by atoms with van der Waals surface area (Å²) in [5, 5.41) is 1.37. The SMILES string of the molecule is CC(=O)O[C@H]1CC[C@@H]2c3ccc4[nH]ccc4c3CC[C@]12C. The second-order valence-corrected chi connectivity index (χ2v) is 6.81. The molecule has 1 N–H and O–H groups in total. The highest BCUT2D eigenvalue weighted by atomic mass is 16.5. The van der Waals surface area contributed by atoms with Crippen LogP contribution >= 0.6 is 0 Å². The molecule has 0 aliphatic heterocycles. The van der Waals surface area contributed by atoms with E-state index in [4.69, 9.17) is 4.74 Å². The molecule has 0 amide bonds. The molecule has 110 valence electrons. The first-order valence-electron chi connectivity index (χ1n) is 7.85. The van der Waals surface area contributed by atoms with Gasteiger partial charge in [-0.05, 0) is 54.9 Å². The minimum atomic E-state index is -0.145. The molecular weight excluding hydrogens is 262 g/mol. The summed E-state index contributed by atoms with van der Waals surface area (Å²) < 4.78 is 5.63. The number of hydrogen-bond donors (Lipinski definition) is 1. The molecular formula is C18H21NO2. The van der Waals surface area contributed by atoms with E-state index in [0.717, 1.165) is 25.7 Å². The highest BCUT2D eigenvalue weighted by Crippen LogP contribution is 2.57. The topological polar surface area (TPSA) is 42.1 Å². The normalized spacial score (nSPS) is 31.0. The van der Waals surface area contributed by atoms with Crippen molar-refractivity contribution in [1.82, 2.24) is 4.98 Å². The lowest BCUT2D eigenvalue weighted by atomic mass is 9.65. The summed E-state index contributed by atoms with van der Waals surface area (Å²) in [6.07, 6.45) is 6.40. The van der Waals surface area contributed by atoms with E-state index in [1.54, 1.807) is 0 Å². The number of hydrogen-bond acceptors (Lipinski definition) is 2. The minimum absolute atomic E-state index is 0.0788. The Balaban J connectivity index is 1.79. The Morgan fingerprint density at radius 3 is 3.00 bits per heavy atom. The van der Waals surface area contributed by atoms with Gasteiger partial charge in [0.15, 0.2) is 0 Å². The van der Waals surface area contributed by atoms with Crippen LogP contribution < -0.4 is 0 Å². The molecule has 1 fully saturated rings. The molecule has 3 heteroatoms. The summed E-state index contributed by atoms with van der Waals surface area (Å²) in [4.78, 5) is 14.7. The molecule has 0 spiro atoms. The average molecular weight is 283 g/mol. The fourth-order valence-corrected chi connectivity index (χ4v) is 4.65. The van der Waals surface area contributed by atoms with Crippen molar-refractivity contribution in [3.05, 3.63) is 35.5 Å². The maximum absolute atomic E-state index is 11.4. The predicted octanol–water partition coefficient (Wildman–Crippen LogP) is 3.93. The van der Waals surface area contributed by atoms with Crippen LogP contribution in [0.5, 0.6) is 0 Å². The lowest BCUT2D eigenvalue weighted by Crippen LogP contribution is -2.37. The molecule has 2 aliphatic rings. The lowest BCUT2D eigenvalue weighted by molar-refractivity contribution is -0.152. The Hall–Kier alpha value is -1.77. The zero-order chi connectivity index (χ0) is 14.6. The van der Waals surface area contributed by atoms with Crippen molar-refractivity contribution in [2.45, 2.75) is 51.6 Å². The van der Waals surface area contributed by atoms with Gasteiger partial charge in [0.2, 0.25) is 0 Å². The first-order chi connectivity index (χ1) is 10.1. The number of H-pyrrole nitrogens is 1. The lowest BCUT2D eigenvalue weighted by Gasteiger charge is -2.41. The molecule has 21 heavy (non-hydrogen) atoms. The van der Waals surface area contributed by atoms with Crippen LogP contribution in [0.2, 0.25) is 0 Å². The van der Waals surface area contributed by atoms with Gasteiger partial charge < -0.3 is 9.72 Å². The smallest absolute Gasteiger partial charge is 0.302 e. The fraction of sp³-hybridized carbons (Fsp3) is 0.500. The summed E-state index contributed by atoms with van der Waals surface area (Å²) in [5.41, 5.74) is 4.31. The standard InChI is InChI=1S/C18H21NO2/c1-11(20)21-17-6-4-15-13-3-5-16-14(8-10-19-16)12(13)7-9-18(15,17)2/h3,5,8,10,15,17,19H,4,6-7,9H2,1-2H3/t15-,17+,18+/m1/s1. The number of carbonyl (C=O) groups is 1. The van der Waals surface area contributed by atoms with Crippen molar-refractivity contribution in [2.75, 3.05) is 0 Å². The van der Waals surface area contributed by atoms with Gasteiger partial charge in [-0.1, -0.05) is 13.0 Å². The second kappa shape index (κ2) is 4.36. The molecule has 1 heterocycles. The Bertz CT molecular complexity index is 717. The number of carbonyl (C=O) groups excluding carboxylic acids is 1. The molecule has 0 radical (unpaired) electrons. The molecule has 3 nitrogen and oxygen atoms in total. The summed E-state index contributed by atoms with van der Waals surface area (Å²) in [5.74, 6) is 0.374. The molecule has 2 aliphatic carbocycles. The Morgan fingerprint density at radius 2 is 2.19 bits per heavy atom. The maximum atomic E-state index is 11.4. The number of ether oxygens (including phenoxy) is 1. The number of fused-ring (bicyclic) bond motifs is 5. The molecule has 0 bridgehead atoms. The highest BCUT2D eigenvalue weighted by Gasteiger charge is 2.51. The van der Waals surface area contributed by atoms with E-state index in [1.807, 2.05) is 6.20 Å². The number of benzene rings is 1. The Kier molecular flexibility index (Phi) is 2.69. The summed E-state index contributed by atoms with van der Waals surface area (Å²) in [7, 11) is 0. The van der Waals surface area contributed by atoms with Crippen LogP contribution in [0, 0.1) is 5.41 Å². The van der Waals surface area contributed by atoms with Crippen molar-refractivity contribution < 1.29 is 9.53 Å². The number of aryl methyl sites for hydroxylation is 1. The quantitative estimate of drug-likeness (QED) is 0.806. The van der Waals surface area contributed by atoms with Crippen LogP contribution in [-0.2, 0) is 16.0 Å². The molecule has 1 aromatic carbocycles. The molecule has 4 rings (SSSR count). The third-order valence-corrected chi connectivity index (χ3v) is 5.73. The zero-order valence-corrected chi connectivity index (χ0v) is 12.6. The van der Waals surface area contributed by atoms with Gasteiger partial charge in [0.05, 0.1) is 0 Å². The van der Waals surface area contributed by atoms with Crippen molar-refractivity contribution in [2.24, 2.45) is 5.41 Å². The summed E-state index contributed by atoms with van der Waals surface area (Å²) in [6, 6.07) is 6.67. The van der Waals surface area contributed by atoms with Crippen LogP contribution in [0.3, 0.4) is 0 Å². The van der Waals surface area contributed by atoms with Crippen molar-refractivity contribution in [3.8, 4) is 0 Å². The Labute approximate surface area is 124 Å². The van der Waals surface area contributed by atoms with E-state index in [-0.39, 0.29) is 17.5 Å². The van der Waals surface area contributed by atoms with Crippen molar-refractivity contribution >= 4 is 16.9 Å². The maximum Gasteiger partial charge on any atom is 0.302 e. The van der Waals surface area contributed by atoms with E-state index in [1.165, 1.54) is 29.0 Å². The first kappa shape index (κ1) is 12.9. The highest BCUT2D eigenvalue weighted by molar-refractivity contribution is 5.84. The third kappa shape index (κ3) is 1.76.